The van der Waals surface area contributed by atoms with Crippen molar-refractivity contribution in [3.05, 3.63) is 59.0 Å². The van der Waals surface area contributed by atoms with E-state index in [0.717, 1.165) is 17.0 Å². The number of aromatic nitrogens is 2. The van der Waals surface area contributed by atoms with Crippen LogP contribution in [0.3, 0.4) is 0 Å². The second-order valence-corrected chi connectivity index (χ2v) is 7.30. The van der Waals surface area contributed by atoms with Crippen LogP contribution in [0.1, 0.15) is 9.67 Å². The first-order valence-electron chi connectivity index (χ1n) is 6.80. The van der Waals surface area contributed by atoms with Gasteiger partial charge in [-0.2, -0.15) is 5.10 Å². The Hall–Kier alpha value is -2.65. The Morgan fingerprint density at radius 2 is 2.00 bits per heavy atom. The number of methoxy groups -OCH3 is 1. The molecule has 0 amide bonds. The number of carbonyl (C=O) groups excluding carboxylic acids is 1. The minimum absolute atomic E-state index is 0.0837. The first kappa shape index (κ1) is 16.2. The molecule has 1 N–H and O–H groups in total. The SMILES string of the molecule is COC(=O)c1sccc1NS(=O)(=O)c1ccc(-n2cccn2)cc1. The lowest BCUT2D eigenvalue weighted by Crippen LogP contribution is -2.14. The average Bonchev–Trinajstić information content (AvgIpc) is 3.25. The smallest absolute Gasteiger partial charge is 0.350 e. The van der Waals surface area contributed by atoms with E-state index in [1.54, 1.807) is 40.7 Å². The molecule has 7 nitrogen and oxygen atoms in total. The van der Waals surface area contributed by atoms with Crippen molar-refractivity contribution in [3.8, 4) is 5.69 Å². The van der Waals surface area contributed by atoms with Crippen LogP contribution in [0, 0.1) is 0 Å². The van der Waals surface area contributed by atoms with Gasteiger partial charge in [0.2, 0.25) is 0 Å². The van der Waals surface area contributed by atoms with Crippen LogP contribution in [-0.2, 0) is 14.8 Å². The molecule has 0 saturated heterocycles. The van der Waals surface area contributed by atoms with Crippen LogP contribution < -0.4 is 4.72 Å². The van der Waals surface area contributed by atoms with E-state index in [0.29, 0.717) is 0 Å². The highest BCUT2D eigenvalue weighted by molar-refractivity contribution is 7.92. The van der Waals surface area contributed by atoms with E-state index < -0.39 is 16.0 Å². The van der Waals surface area contributed by atoms with E-state index in [-0.39, 0.29) is 15.5 Å². The van der Waals surface area contributed by atoms with Crippen LogP contribution in [0.15, 0.2) is 59.1 Å². The fourth-order valence-corrected chi connectivity index (χ4v) is 3.95. The number of hydrogen-bond donors (Lipinski definition) is 1. The maximum Gasteiger partial charge on any atom is 0.350 e. The molecule has 0 unspecified atom stereocenters. The molecule has 0 radical (unpaired) electrons. The van der Waals surface area contributed by atoms with Crippen LogP contribution in [0.25, 0.3) is 5.69 Å². The van der Waals surface area contributed by atoms with Crippen LogP contribution >= 0.6 is 11.3 Å². The molecule has 2 aromatic heterocycles. The molecule has 0 aliphatic rings. The lowest BCUT2D eigenvalue weighted by molar-refractivity contribution is 0.0607. The van der Waals surface area contributed by atoms with Gasteiger partial charge < -0.3 is 4.74 Å². The Balaban J connectivity index is 1.86. The number of benzene rings is 1. The van der Waals surface area contributed by atoms with E-state index in [2.05, 4.69) is 14.6 Å². The fraction of sp³-hybridized carbons (Fsp3) is 0.0667. The molecule has 3 aromatic rings. The number of rotatable bonds is 5. The van der Waals surface area contributed by atoms with Gasteiger partial charge >= 0.3 is 5.97 Å². The van der Waals surface area contributed by atoms with Gasteiger partial charge in [0, 0.05) is 12.4 Å². The third-order valence-corrected chi connectivity index (χ3v) is 5.47. The average molecular weight is 363 g/mol. The van der Waals surface area contributed by atoms with Crippen molar-refractivity contribution in [2.24, 2.45) is 0 Å². The highest BCUT2D eigenvalue weighted by Gasteiger charge is 2.20. The maximum atomic E-state index is 12.5. The Kier molecular flexibility index (Phi) is 4.36. The Labute approximate surface area is 142 Å². The van der Waals surface area contributed by atoms with Gasteiger partial charge in [0.1, 0.15) is 4.88 Å². The number of hydrogen-bond acceptors (Lipinski definition) is 6. The predicted octanol–water partition coefficient (Wildman–Crippen LogP) is 2.52. The van der Waals surface area contributed by atoms with Gasteiger partial charge in [-0.3, -0.25) is 4.72 Å². The van der Waals surface area contributed by atoms with Gasteiger partial charge in [0.05, 0.1) is 23.4 Å². The number of sulfonamides is 1. The summed E-state index contributed by atoms with van der Waals surface area (Å²) in [4.78, 5) is 11.9. The predicted molar refractivity (Wildman–Crippen MR) is 90.0 cm³/mol. The van der Waals surface area contributed by atoms with Crippen molar-refractivity contribution in [2.75, 3.05) is 11.8 Å². The zero-order valence-electron chi connectivity index (χ0n) is 12.5. The molecular formula is C15H13N3O4S2. The molecule has 2 heterocycles. The van der Waals surface area contributed by atoms with Crippen LogP contribution in [0.2, 0.25) is 0 Å². The number of thiophene rings is 1. The highest BCUT2D eigenvalue weighted by Crippen LogP contribution is 2.26. The third-order valence-electron chi connectivity index (χ3n) is 3.20. The van der Waals surface area contributed by atoms with Crippen LogP contribution in [0.4, 0.5) is 5.69 Å². The molecule has 0 bridgehead atoms. The summed E-state index contributed by atoms with van der Waals surface area (Å²) >= 11 is 1.11. The second-order valence-electron chi connectivity index (χ2n) is 4.71. The zero-order chi connectivity index (χ0) is 17.2. The number of carbonyl (C=O) groups is 1. The standard InChI is InChI=1S/C15H13N3O4S2/c1-22-15(19)14-13(7-10-23-14)17-24(20,21)12-5-3-11(4-6-12)18-9-2-8-16-18/h2-10,17H,1H3. The number of nitrogens with zero attached hydrogens (tertiary/aromatic N) is 2. The number of nitrogens with one attached hydrogen (secondary N) is 1. The summed E-state index contributed by atoms with van der Waals surface area (Å²) in [5.41, 5.74) is 0.938. The van der Waals surface area contributed by atoms with Crippen molar-refractivity contribution in [2.45, 2.75) is 4.90 Å². The van der Waals surface area contributed by atoms with Gasteiger partial charge in [0.25, 0.3) is 10.0 Å². The largest absolute Gasteiger partial charge is 0.465 e. The van der Waals surface area contributed by atoms with Gasteiger partial charge in [0.15, 0.2) is 0 Å². The quantitative estimate of drug-likeness (QED) is 0.704. The van der Waals surface area contributed by atoms with E-state index in [9.17, 15) is 13.2 Å². The zero-order valence-corrected chi connectivity index (χ0v) is 14.2. The van der Waals surface area contributed by atoms with Gasteiger partial charge in [-0.1, -0.05) is 0 Å². The van der Waals surface area contributed by atoms with Crippen LogP contribution in [-0.4, -0.2) is 31.3 Å². The molecule has 0 aliphatic heterocycles. The number of esters is 1. The second kappa shape index (κ2) is 6.46. The van der Waals surface area contributed by atoms with E-state index >= 15 is 0 Å². The lowest BCUT2D eigenvalue weighted by atomic mass is 10.3. The summed E-state index contributed by atoms with van der Waals surface area (Å²) in [7, 11) is -2.57. The highest BCUT2D eigenvalue weighted by atomic mass is 32.2. The molecule has 3 rings (SSSR count). The monoisotopic (exact) mass is 363 g/mol. The van der Waals surface area contributed by atoms with E-state index in [1.165, 1.54) is 25.3 Å². The normalized spacial score (nSPS) is 11.2. The number of ether oxygens (including phenoxy) is 1. The summed E-state index contributed by atoms with van der Waals surface area (Å²) in [6, 6.07) is 9.55. The van der Waals surface area contributed by atoms with Crippen molar-refractivity contribution >= 4 is 33.0 Å². The summed E-state index contributed by atoms with van der Waals surface area (Å²) in [5, 5.41) is 5.70. The lowest BCUT2D eigenvalue weighted by Gasteiger charge is -2.09. The minimum atomic E-state index is -3.81. The molecule has 1 aromatic carbocycles. The van der Waals surface area contributed by atoms with Crippen molar-refractivity contribution in [1.82, 2.24) is 9.78 Å². The van der Waals surface area contributed by atoms with E-state index in [1.807, 2.05) is 0 Å². The molecule has 0 fully saturated rings. The summed E-state index contributed by atoms with van der Waals surface area (Å²) in [5.74, 6) is -0.586. The van der Waals surface area contributed by atoms with Gasteiger partial charge in [-0.05, 0) is 41.8 Å². The molecule has 0 atom stereocenters. The van der Waals surface area contributed by atoms with Gasteiger partial charge in [-0.15, -0.1) is 11.3 Å². The van der Waals surface area contributed by atoms with E-state index in [4.69, 9.17) is 0 Å². The van der Waals surface area contributed by atoms with Gasteiger partial charge in [-0.25, -0.2) is 17.9 Å². The Morgan fingerprint density at radius 1 is 1.25 bits per heavy atom. The Bertz CT molecular complexity index is 945. The molecule has 124 valence electrons. The third kappa shape index (κ3) is 3.17. The minimum Gasteiger partial charge on any atom is -0.465 e. The van der Waals surface area contributed by atoms with Crippen LogP contribution in [0.5, 0.6) is 0 Å². The molecule has 24 heavy (non-hydrogen) atoms. The fourth-order valence-electron chi connectivity index (χ4n) is 2.04. The maximum absolute atomic E-state index is 12.5. The van der Waals surface area contributed by atoms with Crippen molar-refractivity contribution in [3.63, 3.8) is 0 Å². The Morgan fingerprint density at radius 3 is 2.62 bits per heavy atom. The first-order valence-corrected chi connectivity index (χ1v) is 9.16. The van der Waals surface area contributed by atoms with Crippen molar-refractivity contribution in [1.29, 1.82) is 0 Å². The van der Waals surface area contributed by atoms with Crippen molar-refractivity contribution < 1.29 is 17.9 Å². The molecular weight excluding hydrogens is 350 g/mol. The summed E-state index contributed by atoms with van der Waals surface area (Å²) in [6.45, 7) is 0. The molecule has 9 heteroatoms. The summed E-state index contributed by atoms with van der Waals surface area (Å²) in [6.07, 6.45) is 3.40. The topological polar surface area (TPSA) is 90.3 Å². The first-order chi connectivity index (χ1) is 11.5. The molecule has 0 aliphatic carbocycles. The molecule has 0 saturated carbocycles. The number of anilines is 1. The summed E-state index contributed by atoms with van der Waals surface area (Å²) < 4.78 is 33.6. The molecule has 0 spiro atoms.